The van der Waals surface area contributed by atoms with E-state index in [1.165, 1.54) is 12.5 Å². The maximum Gasteiger partial charge on any atom is 0.242 e. The van der Waals surface area contributed by atoms with Gasteiger partial charge in [0.25, 0.3) is 0 Å². The molecule has 1 fully saturated rings. The molecule has 1 aliphatic carbocycles. The van der Waals surface area contributed by atoms with Gasteiger partial charge in [0.1, 0.15) is 10.7 Å². The van der Waals surface area contributed by atoms with Crippen LogP contribution in [0.15, 0.2) is 21.5 Å². The number of nitrogen functional groups attached to an aromatic ring is 1. The van der Waals surface area contributed by atoms with E-state index in [-0.39, 0.29) is 21.1 Å². The lowest BCUT2D eigenvalue weighted by Gasteiger charge is -2.28. The van der Waals surface area contributed by atoms with Crippen LogP contribution in [0, 0.1) is 11.7 Å². The standard InChI is InChI=1S/C14H20BrFN2O2S/c1-9(10-5-3-2-4-6-10)18-21(19,20)14-7-11(15)12(16)8-13(14)17/h7-10,18H,2-6,17H2,1H3. The van der Waals surface area contributed by atoms with Gasteiger partial charge in [0.15, 0.2) is 0 Å². The molecule has 1 aromatic carbocycles. The zero-order valence-corrected chi connectivity index (χ0v) is 14.3. The van der Waals surface area contributed by atoms with Crippen molar-refractivity contribution in [2.45, 2.75) is 50.0 Å². The molecule has 1 saturated carbocycles. The summed E-state index contributed by atoms with van der Waals surface area (Å²) in [6.07, 6.45) is 5.56. The Labute approximate surface area is 133 Å². The van der Waals surface area contributed by atoms with E-state index >= 15 is 0 Å². The second-order valence-electron chi connectivity index (χ2n) is 5.61. The lowest BCUT2D eigenvalue weighted by Crippen LogP contribution is -2.39. The third kappa shape index (κ3) is 3.96. The number of sulfonamides is 1. The second-order valence-corrected chi connectivity index (χ2v) is 8.15. The van der Waals surface area contributed by atoms with Gasteiger partial charge in [-0.1, -0.05) is 19.3 Å². The summed E-state index contributed by atoms with van der Waals surface area (Å²) in [6.45, 7) is 1.88. The zero-order valence-electron chi connectivity index (χ0n) is 11.9. The Hall–Kier alpha value is -0.660. The molecule has 3 N–H and O–H groups in total. The predicted octanol–water partition coefficient (Wildman–Crippen LogP) is 3.42. The Morgan fingerprint density at radius 2 is 1.95 bits per heavy atom. The minimum absolute atomic E-state index is 0.0842. The van der Waals surface area contributed by atoms with Crippen molar-refractivity contribution in [1.82, 2.24) is 4.72 Å². The maximum absolute atomic E-state index is 13.4. The van der Waals surface area contributed by atoms with E-state index in [0.29, 0.717) is 5.92 Å². The predicted molar refractivity (Wildman–Crippen MR) is 84.9 cm³/mol. The molecule has 7 heteroatoms. The van der Waals surface area contributed by atoms with Crippen molar-refractivity contribution >= 4 is 31.6 Å². The summed E-state index contributed by atoms with van der Waals surface area (Å²) < 4.78 is 41.0. The minimum Gasteiger partial charge on any atom is -0.398 e. The summed E-state index contributed by atoms with van der Waals surface area (Å²) in [5.41, 5.74) is 5.57. The van der Waals surface area contributed by atoms with Crippen molar-refractivity contribution in [2.75, 3.05) is 5.73 Å². The van der Waals surface area contributed by atoms with Crippen LogP contribution in [0.25, 0.3) is 0 Å². The highest BCUT2D eigenvalue weighted by molar-refractivity contribution is 9.10. The van der Waals surface area contributed by atoms with Crippen LogP contribution in [0.4, 0.5) is 10.1 Å². The molecular weight excluding hydrogens is 359 g/mol. The van der Waals surface area contributed by atoms with Crippen LogP contribution < -0.4 is 10.5 Å². The number of rotatable bonds is 4. The summed E-state index contributed by atoms with van der Waals surface area (Å²) >= 11 is 2.99. The van der Waals surface area contributed by atoms with Crippen molar-refractivity contribution < 1.29 is 12.8 Å². The molecule has 2 rings (SSSR count). The first kappa shape index (κ1) is 16.7. The first-order valence-electron chi connectivity index (χ1n) is 7.08. The molecule has 0 spiro atoms. The number of nitrogens with one attached hydrogen (secondary N) is 1. The average molecular weight is 379 g/mol. The SMILES string of the molecule is CC(NS(=O)(=O)c1cc(Br)c(F)cc1N)C1CCCCC1. The topological polar surface area (TPSA) is 72.2 Å². The molecule has 0 aliphatic heterocycles. The van der Waals surface area contributed by atoms with Gasteiger partial charge in [-0.15, -0.1) is 0 Å². The highest BCUT2D eigenvalue weighted by Gasteiger charge is 2.27. The van der Waals surface area contributed by atoms with E-state index in [1.807, 2.05) is 6.92 Å². The monoisotopic (exact) mass is 378 g/mol. The summed E-state index contributed by atoms with van der Waals surface area (Å²) in [7, 11) is -3.75. The minimum atomic E-state index is -3.75. The highest BCUT2D eigenvalue weighted by atomic mass is 79.9. The van der Waals surface area contributed by atoms with Gasteiger partial charge in [0.2, 0.25) is 10.0 Å². The molecule has 1 unspecified atom stereocenters. The summed E-state index contributed by atoms with van der Waals surface area (Å²) in [5.74, 6) is -0.231. The van der Waals surface area contributed by atoms with Crippen molar-refractivity contribution in [3.8, 4) is 0 Å². The lowest BCUT2D eigenvalue weighted by atomic mass is 9.85. The van der Waals surface area contributed by atoms with Crippen molar-refractivity contribution in [3.05, 3.63) is 22.4 Å². The Morgan fingerprint density at radius 3 is 2.57 bits per heavy atom. The van der Waals surface area contributed by atoms with Crippen LogP contribution in [0.1, 0.15) is 39.0 Å². The van der Waals surface area contributed by atoms with Crippen molar-refractivity contribution in [3.63, 3.8) is 0 Å². The number of halogens is 2. The van der Waals surface area contributed by atoms with Crippen LogP contribution in [0.3, 0.4) is 0 Å². The Kier molecular flexibility index (Phi) is 5.27. The Bertz CT molecular complexity index is 616. The van der Waals surface area contributed by atoms with Crippen LogP contribution in [0.2, 0.25) is 0 Å². The lowest BCUT2D eigenvalue weighted by molar-refractivity contribution is 0.303. The van der Waals surface area contributed by atoms with Gasteiger partial charge in [-0.3, -0.25) is 0 Å². The number of hydrogen-bond acceptors (Lipinski definition) is 3. The first-order valence-corrected chi connectivity index (χ1v) is 9.35. The number of nitrogens with two attached hydrogens (primary N) is 1. The average Bonchev–Trinajstić information content (AvgIpc) is 2.43. The molecule has 1 atom stereocenters. The van der Waals surface area contributed by atoms with E-state index < -0.39 is 15.8 Å². The van der Waals surface area contributed by atoms with Gasteiger partial charge in [-0.05, 0) is 53.7 Å². The van der Waals surface area contributed by atoms with Crippen LogP contribution in [-0.4, -0.2) is 14.5 Å². The molecule has 1 aliphatic rings. The Morgan fingerprint density at radius 1 is 1.33 bits per heavy atom. The molecule has 0 bridgehead atoms. The normalized spacial score (nSPS) is 18.6. The van der Waals surface area contributed by atoms with E-state index in [1.54, 1.807) is 0 Å². The number of hydrogen-bond donors (Lipinski definition) is 2. The summed E-state index contributed by atoms with van der Waals surface area (Å²) in [4.78, 5) is -0.0848. The van der Waals surface area contributed by atoms with Gasteiger partial charge in [0, 0.05) is 6.04 Å². The van der Waals surface area contributed by atoms with Gasteiger partial charge >= 0.3 is 0 Å². The zero-order chi connectivity index (χ0) is 15.6. The smallest absolute Gasteiger partial charge is 0.242 e. The Balaban J connectivity index is 2.20. The fourth-order valence-electron chi connectivity index (χ4n) is 2.82. The number of benzene rings is 1. The fourth-order valence-corrected chi connectivity index (χ4v) is 4.76. The molecule has 0 saturated heterocycles. The maximum atomic E-state index is 13.4. The van der Waals surface area contributed by atoms with Gasteiger partial charge in [-0.2, -0.15) is 0 Å². The third-order valence-corrected chi connectivity index (χ3v) is 6.26. The molecule has 21 heavy (non-hydrogen) atoms. The van der Waals surface area contributed by atoms with E-state index in [4.69, 9.17) is 5.73 Å². The van der Waals surface area contributed by atoms with E-state index in [0.717, 1.165) is 31.7 Å². The summed E-state index contributed by atoms with van der Waals surface area (Å²) in [5, 5.41) is 0. The van der Waals surface area contributed by atoms with Crippen molar-refractivity contribution in [2.24, 2.45) is 5.92 Å². The first-order chi connectivity index (χ1) is 9.81. The van der Waals surface area contributed by atoms with Gasteiger partial charge in [-0.25, -0.2) is 17.5 Å². The van der Waals surface area contributed by atoms with Crippen LogP contribution in [0.5, 0.6) is 0 Å². The van der Waals surface area contributed by atoms with Gasteiger partial charge in [0.05, 0.1) is 10.2 Å². The largest absolute Gasteiger partial charge is 0.398 e. The van der Waals surface area contributed by atoms with Crippen LogP contribution in [-0.2, 0) is 10.0 Å². The van der Waals surface area contributed by atoms with Crippen molar-refractivity contribution in [1.29, 1.82) is 0 Å². The quantitative estimate of drug-likeness (QED) is 0.788. The van der Waals surface area contributed by atoms with Crippen LogP contribution >= 0.6 is 15.9 Å². The van der Waals surface area contributed by atoms with Gasteiger partial charge < -0.3 is 5.73 Å². The molecule has 1 aromatic rings. The third-order valence-electron chi connectivity index (χ3n) is 4.04. The molecule has 0 amide bonds. The fraction of sp³-hybridized carbons (Fsp3) is 0.571. The number of anilines is 1. The molecular formula is C14H20BrFN2O2S. The van der Waals surface area contributed by atoms with E-state index in [2.05, 4.69) is 20.7 Å². The molecule has 4 nitrogen and oxygen atoms in total. The highest BCUT2D eigenvalue weighted by Crippen LogP contribution is 2.29. The molecule has 0 radical (unpaired) electrons. The second kappa shape index (κ2) is 6.62. The molecule has 118 valence electrons. The van der Waals surface area contributed by atoms with E-state index in [9.17, 15) is 12.8 Å². The molecule has 0 aromatic heterocycles. The molecule has 0 heterocycles. The summed E-state index contributed by atoms with van der Waals surface area (Å²) in [6, 6.07) is 2.07.